The van der Waals surface area contributed by atoms with Crippen molar-refractivity contribution in [3.63, 3.8) is 0 Å². The number of benzene rings is 1. The molecule has 20 heavy (non-hydrogen) atoms. The molecule has 0 radical (unpaired) electrons. The second kappa shape index (κ2) is 5.04. The Hall–Kier alpha value is -2.22. The second-order valence-corrected chi connectivity index (χ2v) is 5.13. The Bertz CT molecular complexity index is 616. The first kappa shape index (κ1) is 12.8. The fourth-order valence-corrected chi connectivity index (χ4v) is 2.68. The Kier molecular flexibility index (Phi) is 3.23. The van der Waals surface area contributed by atoms with Gasteiger partial charge in [-0.05, 0) is 18.2 Å². The summed E-state index contributed by atoms with van der Waals surface area (Å²) >= 11 is 1.21. The number of hydrogen-bond acceptors (Lipinski definition) is 6. The van der Waals surface area contributed by atoms with Crippen LogP contribution in [0, 0.1) is 0 Å². The molecule has 2 aliphatic heterocycles. The summed E-state index contributed by atoms with van der Waals surface area (Å²) in [6.45, 7) is 0.142. The molecule has 0 bridgehead atoms. The average Bonchev–Trinajstić information content (AvgIpc) is 3.05. The van der Waals surface area contributed by atoms with Gasteiger partial charge in [0.1, 0.15) is 0 Å². The second-order valence-electron chi connectivity index (χ2n) is 4.12. The van der Waals surface area contributed by atoms with Gasteiger partial charge in [0.25, 0.3) is 5.91 Å². The normalized spacial score (nSPS) is 19.6. The number of amides is 1. The van der Waals surface area contributed by atoms with Crippen LogP contribution in [0.15, 0.2) is 23.2 Å². The molecule has 2 N–H and O–H groups in total. The molecule has 0 aromatic heterocycles. The minimum atomic E-state index is -0.996. The zero-order chi connectivity index (χ0) is 14.1. The Morgan fingerprint density at radius 1 is 1.35 bits per heavy atom. The summed E-state index contributed by atoms with van der Waals surface area (Å²) in [4.78, 5) is 26.7. The number of amidine groups is 1. The largest absolute Gasteiger partial charge is 0.480 e. The van der Waals surface area contributed by atoms with E-state index in [2.05, 4.69) is 10.3 Å². The van der Waals surface area contributed by atoms with Crippen molar-refractivity contribution in [1.29, 1.82) is 0 Å². The molecule has 2 aliphatic rings. The van der Waals surface area contributed by atoms with Crippen molar-refractivity contribution < 1.29 is 24.2 Å². The third-order valence-corrected chi connectivity index (χ3v) is 3.75. The number of aliphatic carboxylic acids is 1. The van der Waals surface area contributed by atoms with Crippen molar-refractivity contribution in [2.24, 2.45) is 4.99 Å². The molecule has 1 atom stereocenters. The van der Waals surface area contributed by atoms with Crippen LogP contribution in [0.4, 0.5) is 0 Å². The molecule has 7 nitrogen and oxygen atoms in total. The van der Waals surface area contributed by atoms with Crippen molar-refractivity contribution in [2.75, 3.05) is 12.5 Å². The van der Waals surface area contributed by atoms with Crippen molar-refractivity contribution in [1.82, 2.24) is 5.32 Å². The predicted molar refractivity (Wildman–Crippen MR) is 71.3 cm³/mol. The van der Waals surface area contributed by atoms with E-state index in [9.17, 15) is 9.59 Å². The van der Waals surface area contributed by atoms with Gasteiger partial charge < -0.3 is 19.9 Å². The van der Waals surface area contributed by atoms with Gasteiger partial charge >= 0.3 is 5.97 Å². The number of carboxylic acid groups (broad SMARTS) is 1. The van der Waals surface area contributed by atoms with Crippen LogP contribution in [0.2, 0.25) is 0 Å². The van der Waals surface area contributed by atoms with Crippen LogP contribution in [0.25, 0.3) is 0 Å². The lowest BCUT2D eigenvalue weighted by Crippen LogP contribution is -2.27. The van der Waals surface area contributed by atoms with Crippen LogP contribution in [0.5, 0.6) is 11.5 Å². The molecule has 8 heteroatoms. The summed E-state index contributed by atoms with van der Waals surface area (Å²) in [6.07, 6.45) is 0. The molecule has 1 amide bonds. The lowest BCUT2D eigenvalue weighted by Gasteiger charge is -2.04. The van der Waals surface area contributed by atoms with Gasteiger partial charge in [-0.25, -0.2) is 9.79 Å². The van der Waals surface area contributed by atoms with E-state index in [4.69, 9.17) is 14.6 Å². The third kappa shape index (κ3) is 2.42. The van der Waals surface area contributed by atoms with E-state index in [1.165, 1.54) is 11.8 Å². The first-order chi connectivity index (χ1) is 9.63. The molecule has 0 saturated heterocycles. The Balaban J connectivity index is 1.71. The zero-order valence-corrected chi connectivity index (χ0v) is 11.0. The maximum atomic E-state index is 12.0. The van der Waals surface area contributed by atoms with Gasteiger partial charge in [0.15, 0.2) is 22.7 Å². The van der Waals surface area contributed by atoms with E-state index in [-0.39, 0.29) is 12.7 Å². The van der Waals surface area contributed by atoms with Crippen LogP contribution < -0.4 is 14.8 Å². The monoisotopic (exact) mass is 294 g/mol. The van der Waals surface area contributed by atoms with E-state index >= 15 is 0 Å². The molecule has 1 aromatic rings. The van der Waals surface area contributed by atoms with Gasteiger partial charge in [0.2, 0.25) is 6.79 Å². The molecule has 0 spiro atoms. The molecule has 0 fully saturated rings. The summed E-state index contributed by atoms with van der Waals surface area (Å²) in [5.74, 6) is 0.0825. The van der Waals surface area contributed by atoms with E-state index in [1.807, 2.05) is 0 Å². The van der Waals surface area contributed by atoms with Gasteiger partial charge in [-0.1, -0.05) is 11.8 Å². The molecule has 0 saturated carbocycles. The summed E-state index contributed by atoms with van der Waals surface area (Å²) in [5, 5.41) is 11.7. The molecule has 0 aliphatic carbocycles. The Morgan fingerprint density at radius 3 is 2.90 bits per heavy atom. The first-order valence-electron chi connectivity index (χ1n) is 5.78. The fraction of sp³-hybridized carbons (Fsp3) is 0.250. The third-order valence-electron chi connectivity index (χ3n) is 2.79. The zero-order valence-electron chi connectivity index (χ0n) is 10.2. The number of carbonyl (C=O) groups excluding carboxylic acids is 1. The van der Waals surface area contributed by atoms with Gasteiger partial charge in [0.05, 0.1) is 0 Å². The number of carboxylic acids is 1. The predicted octanol–water partition coefficient (Wildman–Crippen LogP) is 0.701. The number of nitrogens with zero attached hydrogens (tertiary/aromatic N) is 1. The molecule has 2 heterocycles. The lowest BCUT2D eigenvalue weighted by atomic mass is 10.2. The number of rotatable bonds is 2. The molecule has 3 rings (SSSR count). The Morgan fingerprint density at radius 2 is 2.15 bits per heavy atom. The van der Waals surface area contributed by atoms with Crippen LogP contribution >= 0.6 is 11.8 Å². The van der Waals surface area contributed by atoms with Crippen molar-refractivity contribution in [3.05, 3.63) is 23.8 Å². The maximum Gasteiger partial charge on any atom is 0.329 e. The number of fused-ring (bicyclic) bond motifs is 1. The summed E-state index contributed by atoms with van der Waals surface area (Å²) < 4.78 is 10.4. The van der Waals surface area contributed by atoms with Crippen LogP contribution in [0.3, 0.4) is 0 Å². The number of hydrogen-bond donors (Lipinski definition) is 2. The van der Waals surface area contributed by atoms with Crippen molar-refractivity contribution in [3.8, 4) is 11.5 Å². The summed E-state index contributed by atoms with van der Waals surface area (Å²) in [6, 6.07) is 4.04. The summed E-state index contributed by atoms with van der Waals surface area (Å²) in [5.41, 5.74) is 0.399. The van der Waals surface area contributed by atoms with Gasteiger partial charge in [-0.2, -0.15) is 0 Å². The number of aliphatic imine (C=N–C) groups is 1. The molecular weight excluding hydrogens is 284 g/mol. The number of nitrogens with one attached hydrogen (secondary N) is 1. The van der Waals surface area contributed by atoms with E-state index in [1.54, 1.807) is 18.2 Å². The Labute approximate surface area is 118 Å². The van der Waals surface area contributed by atoms with Gasteiger partial charge in [0, 0.05) is 11.3 Å². The topological polar surface area (TPSA) is 97.2 Å². The highest BCUT2D eigenvalue weighted by molar-refractivity contribution is 8.14. The maximum absolute atomic E-state index is 12.0. The SMILES string of the molecule is O=C(NC1=NC(C(=O)O)CS1)c1ccc2c(c1)OCO2. The average molecular weight is 294 g/mol. The smallest absolute Gasteiger partial charge is 0.329 e. The molecule has 1 aromatic carbocycles. The van der Waals surface area contributed by atoms with Crippen LogP contribution in [0.1, 0.15) is 10.4 Å². The van der Waals surface area contributed by atoms with Crippen molar-refractivity contribution in [2.45, 2.75) is 6.04 Å². The minimum Gasteiger partial charge on any atom is -0.480 e. The standard InChI is InChI=1S/C12H10N2O5S/c15-10(14-12-13-7(4-20-12)11(16)17)6-1-2-8-9(3-6)19-5-18-8/h1-3,7H,4-5H2,(H,16,17)(H,13,14,15). The van der Waals surface area contributed by atoms with Crippen LogP contribution in [-0.2, 0) is 4.79 Å². The fourth-order valence-electron chi connectivity index (χ4n) is 1.78. The molecule has 1 unspecified atom stereocenters. The van der Waals surface area contributed by atoms with Gasteiger partial charge in [-0.15, -0.1) is 0 Å². The van der Waals surface area contributed by atoms with Gasteiger partial charge in [-0.3, -0.25) is 4.79 Å². The quantitative estimate of drug-likeness (QED) is 0.833. The van der Waals surface area contributed by atoms with Crippen molar-refractivity contribution >= 4 is 28.8 Å². The number of ether oxygens (including phenoxy) is 2. The molecule has 104 valence electrons. The summed E-state index contributed by atoms with van der Waals surface area (Å²) in [7, 11) is 0. The highest BCUT2D eigenvalue weighted by Crippen LogP contribution is 2.32. The number of carbonyl (C=O) groups is 2. The highest BCUT2D eigenvalue weighted by atomic mass is 32.2. The highest BCUT2D eigenvalue weighted by Gasteiger charge is 2.26. The van der Waals surface area contributed by atoms with E-state index in [0.29, 0.717) is 28.0 Å². The number of thioether (sulfide) groups is 1. The first-order valence-corrected chi connectivity index (χ1v) is 6.76. The lowest BCUT2D eigenvalue weighted by molar-refractivity contribution is -0.137. The minimum absolute atomic E-state index is 0.142. The van der Waals surface area contributed by atoms with E-state index < -0.39 is 12.0 Å². The molecular formula is C12H10N2O5S. The van der Waals surface area contributed by atoms with E-state index in [0.717, 1.165) is 0 Å². The van der Waals surface area contributed by atoms with Crippen LogP contribution in [-0.4, -0.2) is 40.7 Å².